The predicted octanol–water partition coefficient (Wildman–Crippen LogP) is 3.71. The van der Waals surface area contributed by atoms with Gasteiger partial charge in [-0.2, -0.15) is 0 Å². The number of anilines is 1. The second kappa shape index (κ2) is 11.1. The molecule has 124 valence electrons. The lowest BCUT2D eigenvalue weighted by Gasteiger charge is -2.09. The zero-order valence-electron chi connectivity index (χ0n) is 12.6. The van der Waals surface area contributed by atoms with E-state index in [0.717, 1.165) is 17.9 Å². The number of amides is 1. The zero-order valence-corrected chi connectivity index (χ0v) is 15.6. The lowest BCUT2D eigenvalue weighted by molar-refractivity contribution is -0.119. The quantitative estimate of drug-likeness (QED) is 0.480. The smallest absolute Gasteiger partial charge is 0.239 e. The van der Waals surface area contributed by atoms with Crippen LogP contribution in [0.1, 0.15) is 6.42 Å². The number of hydrogen-bond donors (Lipinski definition) is 2. The summed E-state index contributed by atoms with van der Waals surface area (Å²) in [6, 6.07) is 17.6. The number of carbonyl (C=O) groups excluding carboxylic acids is 1. The summed E-state index contributed by atoms with van der Waals surface area (Å²) in [6.07, 6.45) is 0.781. The van der Waals surface area contributed by atoms with Crippen molar-refractivity contribution in [3.05, 3.63) is 58.2 Å². The standard InChI is InChI=1S/C17H19IN2O2.ClH/c18-14-7-9-16(10-8-14)22-12-4-11-19-17(21)13-20-15-5-2-1-3-6-15;/h1-3,5-10,20H,4,11-13H2,(H,19,21);1H. The minimum atomic E-state index is -0.0156. The van der Waals surface area contributed by atoms with Gasteiger partial charge in [0.25, 0.3) is 0 Å². The summed E-state index contributed by atoms with van der Waals surface area (Å²) >= 11 is 2.26. The molecule has 2 aromatic rings. The summed E-state index contributed by atoms with van der Waals surface area (Å²) in [5.74, 6) is 0.843. The van der Waals surface area contributed by atoms with Crippen LogP contribution in [0.15, 0.2) is 54.6 Å². The SMILES string of the molecule is Cl.O=C(CNc1ccccc1)NCCCOc1ccc(I)cc1. The maximum Gasteiger partial charge on any atom is 0.239 e. The Balaban J connectivity index is 0.00000264. The number of para-hydroxylation sites is 1. The van der Waals surface area contributed by atoms with Crippen LogP contribution in [-0.4, -0.2) is 25.6 Å². The Morgan fingerprint density at radius 1 is 1.04 bits per heavy atom. The number of hydrogen-bond acceptors (Lipinski definition) is 3. The Kier molecular flexibility index (Phi) is 9.47. The van der Waals surface area contributed by atoms with Gasteiger partial charge in [-0.3, -0.25) is 4.79 Å². The molecule has 2 aromatic carbocycles. The van der Waals surface area contributed by atoms with Crippen molar-refractivity contribution >= 4 is 46.6 Å². The topological polar surface area (TPSA) is 50.4 Å². The molecule has 0 aliphatic carbocycles. The molecule has 0 spiro atoms. The summed E-state index contributed by atoms with van der Waals surface area (Å²) in [7, 11) is 0. The molecule has 0 aliphatic heterocycles. The maximum absolute atomic E-state index is 11.7. The summed E-state index contributed by atoms with van der Waals surface area (Å²) in [5, 5.41) is 5.94. The average molecular weight is 447 g/mol. The van der Waals surface area contributed by atoms with Gasteiger partial charge < -0.3 is 15.4 Å². The summed E-state index contributed by atoms with van der Waals surface area (Å²) in [4.78, 5) is 11.7. The van der Waals surface area contributed by atoms with Crippen LogP contribution in [0.2, 0.25) is 0 Å². The van der Waals surface area contributed by atoms with E-state index >= 15 is 0 Å². The molecule has 0 atom stereocenters. The van der Waals surface area contributed by atoms with Crippen LogP contribution in [-0.2, 0) is 4.79 Å². The van der Waals surface area contributed by atoms with Gasteiger partial charge in [0.1, 0.15) is 5.75 Å². The Bertz CT molecular complexity index is 579. The normalized spacial score (nSPS) is 9.61. The summed E-state index contributed by atoms with van der Waals surface area (Å²) in [5.41, 5.74) is 0.944. The number of carbonyl (C=O) groups is 1. The first-order valence-electron chi connectivity index (χ1n) is 7.18. The Morgan fingerprint density at radius 2 is 1.74 bits per heavy atom. The van der Waals surface area contributed by atoms with E-state index in [0.29, 0.717) is 13.2 Å². The molecule has 2 N–H and O–H groups in total. The summed E-state index contributed by atoms with van der Waals surface area (Å²) < 4.78 is 6.79. The van der Waals surface area contributed by atoms with Gasteiger partial charge in [-0.1, -0.05) is 18.2 Å². The number of nitrogens with one attached hydrogen (secondary N) is 2. The van der Waals surface area contributed by atoms with Gasteiger partial charge >= 0.3 is 0 Å². The van der Waals surface area contributed by atoms with Gasteiger partial charge in [-0.05, 0) is 65.4 Å². The van der Waals surface area contributed by atoms with Gasteiger partial charge in [0.15, 0.2) is 0 Å². The van der Waals surface area contributed by atoms with Crippen molar-refractivity contribution in [3.63, 3.8) is 0 Å². The molecule has 0 bridgehead atoms. The monoisotopic (exact) mass is 446 g/mol. The number of rotatable bonds is 8. The van der Waals surface area contributed by atoms with Crippen molar-refractivity contribution in [2.24, 2.45) is 0 Å². The van der Waals surface area contributed by atoms with Crippen LogP contribution < -0.4 is 15.4 Å². The molecular weight excluding hydrogens is 427 g/mol. The number of halogens is 2. The number of ether oxygens (including phenoxy) is 1. The molecule has 6 heteroatoms. The van der Waals surface area contributed by atoms with Crippen molar-refractivity contribution in [2.75, 3.05) is 25.0 Å². The van der Waals surface area contributed by atoms with E-state index in [4.69, 9.17) is 4.74 Å². The molecule has 23 heavy (non-hydrogen) atoms. The third-order valence-electron chi connectivity index (χ3n) is 2.95. The van der Waals surface area contributed by atoms with Gasteiger partial charge in [-0.15, -0.1) is 12.4 Å². The van der Waals surface area contributed by atoms with Crippen LogP contribution in [0, 0.1) is 3.57 Å². The molecule has 1 amide bonds. The van der Waals surface area contributed by atoms with E-state index in [1.807, 2.05) is 54.6 Å². The molecule has 0 aromatic heterocycles. The fourth-order valence-corrected chi connectivity index (χ4v) is 2.18. The highest BCUT2D eigenvalue weighted by molar-refractivity contribution is 14.1. The fraction of sp³-hybridized carbons (Fsp3) is 0.235. The number of benzene rings is 2. The maximum atomic E-state index is 11.7. The molecule has 0 radical (unpaired) electrons. The highest BCUT2D eigenvalue weighted by Gasteiger charge is 2.00. The Hall–Kier alpha value is -1.47. The van der Waals surface area contributed by atoms with E-state index in [1.54, 1.807) is 0 Å². The van der Waals surface area contributed by atoms with Gasteiger partial charge in [0.05, 0.1) is 13.2 Å². The third kappa shape index (κ3) is 8.08. The minimum absolute atomic E-state index is 0. The molecule has 0 saturated carbocycles. The highest BCUT2D eigenvalue weighted by atomic mass is 127. The molecular formula is C17H20ClIN2O2. The van der Waals surface area contributed by atoms with E-state index in [-0.39, 0.29) is 24.9 Å². The van der Waals surface area contributed by atoms with Crippen LogP contribution >= 0.6 is 35.0 Å². The minimum Gasteiger partial charge on any atom is -0.494 e. The second-order valence-corrected chi connectivity index (χ2v) is 5.97. The van der Waals surface area contributed by atoms with Crippen molar-refractivity contribution in [1.29, 1.82) is 0 Å². The van der Waals surface area contributed by atoms with Crippen molar-refractivity contribution < 1.29 is 9.53 Å². The van der Waals surface area contributed by atoms with E-state index in [1.165, 1.54) is 3.57 Å². The second-order valence-electron chi connectivity index (χ2n) is 4.73. The largest absolute Gasteiger partial charge is 0.494 e. The van der Waals surface area contributed by atoms with E-state index in [9.17, 15) is 4.79 Å². The van der Waals surface area contributed by atoms with Crippen molar-refractivity contribution in [1.82, 2.24) is 5.32 Å². The average Bonchev–Trinajstić information content (AvgIpc) is 2.55. The summed E-state index contributed by atoms with van der Waals surface area (Å²) in [6.45, 7) is 1.48. The zero-order chi connectivity index (χ0) is 15.6. The first-order valence-corrected chi connectivity index (χ1v) is 8.26. The molecule has 0 aliphatic rings. The molecule has 4 nitrogen and oxygen atoms in total. The molecule has 0 saturated heterocycles. The molecule has 0 unspecified atom stereocenters. The van der Waals surface area contributed by atoms with E-state index < -0.39 is 0 Å². The van der Waals surface area contributed by atoms with Crippen LogP contribution in [0.4, 0.5) is 5.69 Å². The van der Waals surface area contributed by atoms with Crippen molar-refractivity contribution in [2.45, 2.75) is 6.42 Å². The fourth-order valence-electron chi connectivity index (χ4n) is 1.82. The van der Waals surface area contributed by atoms with Gasteiger partial charge in [0.2, 0.25) is 5.91 Å². The van der Waals surface area contributed by atoms with Crippen LogP contribution in [0.5, 0.6) is 5.75 Å². The Morgan fingerprint density at radius 3 is 2.43 bits per heavy atom. The highest BCUT2D eigenvalue weighted by Crippen LogP contribution is 2.13. The van der Waals surface area contributed by atoms with Gasteiger partial charge in [-0.25, -0.2) is 0 Å². The first kappa shape index (κ1) is 19.6. The van der Waals surface area contributed by atoms with Crippen LogP contribution in [0.25, 0.3) is 0 Å². The predicted molar refractivity (Wildman–Crippen MR) is 104 cm³/mol. The van der Waals surface area contributed by atoms with E-state index in [2.05, 4.69) is 33.2 Å². The Labute approximate surface area is 156 Å². The first-order chi connectivity index (χ1) is 10.7. The lowest BCUT2D eigenvalue weighted by atomic mass is 10.3. The molecule has 2 rings (SSSR count). The molecule has 0 fully saturated rings. The van der Waals surface area contributed by atoms with Crippen molar-refractivity contribution in [3.8, 4) is 5.75 Å². The van der Waals surface area contributed by atoms with Gasteiger partial charge in [0, 0.05) is 15.8 Å². The lowest BCUT2D eigenvalue weighted by Crippen LogP contribution is -2.31. The third-order valence-corrected chi connectivity index (χ3v) is 3.67. The van der Waals surface area contributed by atoms with Crippen LogP contribution in [0.3, 0.4) is 0 Å². The molecule has 0 heterocycles.